The number of carbonyl (C=O) groups is 1. The smallest absolute Gasteiger partial charge is 0.176 e. The number of hydrogen-bond donors (Lipinski definition) is 0. The molecule has 0 fully saturated rings. The van der Waals surface area contributed by atoms with Gasteiger partial charge in [-0.1, -0.05) is 0 Å². The molecule has 2 aromatic rings. The summed E-state index contributed by atoms with van der Waals surface area (Å²) in [5.74, 6) is -0.0315. The maximum absolute atomic E-state index is 12.7. The normalized spacial score (nSPS) is 10.2. The summed E-state index contributed by atoms with van der Waals surface area (Å²) in [6.45, 7) is 0. The van der Waals surface area contributed by atoms with Gasteiger partial charge in [-0.25, -0.2) is 14.4 Å². The van der Waals surface area contributed by atoms with Gasteiger partial charge < -0.3 is 0 Å². The Labute approximate surface area is 102 Å². The summed E-state index contributed by atoms with van der Waals surface area (Å²) >= 11 is 1.36. The highest BCUT2D eigenvalue weighted by atomic mass is 32.2. The molecule has 86 valence electrons. The van der Waals surface area contributed by atoms with Crippen molar-refractivity contribution in [2.24, 2.45) is 0 Å². The summed E-state index contributed by atoms with van der Waals surface area (Å²) < 4.78 is 12.7. The number of benzene rings is 1. The molecule has 17 heavy (non-hydrogen) atoms. The van der Waals surface area contributed by atoms with Gasteiger partial charge >= 0.3 is 0 Å². The quantitative estimate of drug-likeness (QED) is 0.616. The largest absolute Gasteiger partial charge is 0.293 e. The SMILES string of the molecule is O=C(CSc1ccc(F)cc1)c1cncnc1. The lowest BCUT2D eigenvalue weighted by molar-refractivity contribution is 0.102. The van der Waals surface area contributed by atoms with E-state index in [-0.39, 0.29) is 11.6 Å². The Morgan fingerprint density at radius 1 is 1.18 bits per heavy atom. The molecule has 0 aliphatic heterocycles. The summed E-state index contributed by atoms with van der Waals surface area (Å²) in [7, 11) is 0. The number of nitrogens with zero attached hydrogens (tertiary/aromatic N) is 2. The molecule has 0 amide bonds. The lowest BCUT2D eigenvalue weighted by Gasteiger charge is -2.00. The molecule has 1 aromatic heterocycles. The molecular formula is C12H9FN2OS. The third kappa shape index (κ3) is 3.35. The van der Waals surface area contributed by atoms with Crippen molar-refractivity contribution in [2.45, 2.75) is 4.90 Å². The number of carbonyl (C=O) groups excluding carboxylic acids is 1. The highest BCUT2D eigenvalue weighted by Gasteiger charge is 2.06. The van der Waals surface area contributed by atoms with Crippen LogP contribution in [-0.4, -0.2) is 21.5 Å². The minimum atomic E-state index is -0.280. The molecule has 0 unspecified atom stereocenters. The van der Waals surface area contributed by atoms with Crippen molar-refractivity contribution in [3.8, 4) is 0 Å². The molecule has 0 N–H and O–H groups in total. The van der Waals surface area contributed by atoms with E-state index in [0.717, 1.165) is 4.90 Å². The Balaban J connectivity index is 1.95. The Kier molecular flexibility index (Phi) is 3.82. The van der Waals surface area contributed by atoms with Gasteiger partial charge in [0.1, 0.15) is 12.1 Å². The van der Waals surface area contributed by atoms with Crippen LogP contribution < -0.4 is 0 Å². The van der Waals surface area contributed by atoms with E-state index >= 15 is 0 Å². The van der Waals surface area contributed by atoms with E-state index in [0.29, 0.717) is 11.3 Å². The summed E-state index contributed by atoms with van der Waals surface area (Å²) in [6, 6.07) is 6.04. The summed E-state index contributed by atoms with van der Waals surface area (Å²) in [6.07, 6.45) is 4.35. The monoisotopic (exact) mass is 248 g/mol. The minimum Gasteiger partial charge on any atom is -0.293 e. The number of thioether (sulfide) groups is 1. The fraction of sp³-hybridized carbons (Fsp3) is 0.0833. The second-order valence-corrected chi connectivity index (χ2v) is 4.34. The van der Waals surface area contributed by atoms with E-state index in [2.05, 4.69) is 9.97 Å². The Hall–Kier alpha value is -1.75. The number of aromatic nitrogens is 2. The average molecular weight is 248 g/mol. The van der Waals surface area contributed by atoms with Crippen LogP contribution in [0.5, 0.6) is 0 Å². The van der Waals surface area contributed by atoms with Crippen LogP contribution in [-0.2, 0) is 0 Å². The van der Waals surface area contributed by atoms with Crippen molar-refractivity contribution in [3.05, 3.63) is 54.4 Å². The first kappa shape index (κ1) is 11.7. The van der Waals surface area contributed by atoms with Crippen molar-refractivity contribution in [1.29, 1.82) is 0 Å². The number of hydrogen-bond acceptors (Lipinski definition) is 4. The van der Waals surface area contributed by atoms with Crippen LogP contribution in [0.3, 0.4) is 0 Å². The standard InChI is InChI=1S/C12H9FN2OS/c13-10-1-3-11(4-2-10)17-7-12(16)9-5-14-8-15-6-9/h1-6,8H,7H2. The average Bonchev–Trinajstić information content (AvgIpc) is 2.39. The van der Waals surface area contributed by atoms with Gasteiger partial charge in [0.15, 0.2) is 5.78 Å². The number of Topliss-reactive ketones (excluding diaryl/α,β-unsaturated/α-hetero) is 1. The van der Waals surface area contributed by atoms with Crippen LogP contribution in [0.4, 0.5) is 4.39 Å². The van der Waals surface area contributed by atoms with E-state index in [9.17, 15) is 9.18 Å². The predicted molar refractivity (Wildman–Crippen MR) is 63.5 cm³/mol. The highest BCUT2D eigenvalue weighted by molar-refractivity contribution is 8.00. The second-order valence-electron chi connectivity index (χ2n) is 3.29. The third-order valence-electron chi connectivity index (χ3n) is 2.07. The van der Waals surface area contributed by atoms with Gasteiger partial charge in [0.05, 0.1) is 11.3 Å². The summed E-state index contributed by atoms with van der Waals surface area (Å²) in [4.78, 5) is 20.1. The molecule has 0 saturated carbocycles. The molecule has 2 rings (SSSR count). The zero-order valence-electron chi connectivity index (χ0n) is 8.84. The van der Waals surface area contributed by atoms with Crippen LogP contribution in [0, 0.1) is 5.82 Å². The fourth-order valence-corrected chi connectivity index (χ4v) is 2.00. The number of halogens is 1. The Morgan fingerprint density at radius 2 is 1.82 bits per heavy atom. The van der Waals surface area contributed by atoms with E-state index < -0.39 is 0 Å². The lowest BCUT2D eigenvalue weighted by atomic mass is 10.2. The molecule has 0 spiro atoms. The Bertz CT molecular complexity index is 502. The topological polar surface area (TPSA) is 42.9 Å². The molecule has 0 aliphatic rings. The van der Waals surface area contributed by atoms with E-state index in [1.54, 1.807) is 12.1 Å². The maximum atomic E-state index is 12.7. The third-order valence-corrected chi connectivity index (χ3v) is 3.08. The van der Waals surface area contributed by atoms with Crippen LogP contribution >= 0.6 is 11.8 Å². The minimum absolute atomic E-state index is 0.0417. The van der Waals surface area contributed by atoms with Crippen molar-refractivity contribution in [3.63, 3.8) is 0 Å². The molecule has 0 aliphatic carbocycles. The van der Waals surface area contributed by atoms with Crippen molar-refractivity contribution < 1.29 is 9.18 Å². The van der Waals surface area contributed by atoms with Crippen molar-refractivity contribution >= 4 is 17.5 Å². The zero-order valence-corrected chi connectivity index (χ0v) is 9.65. The van der Waals surface area contributed by atoms with Crippen molar-refractivity contribution in [1.82, 2.24) is 9.97 Å². The molecule has 0 saturated heterocycles. The molecule has 0 atom stereocenters. The van der Waals surface area contributed by atoms with E-state index in [4.69, 9.17) is 0 Å². The fourth-order valence-electron chi connectivity index (χ4n) is 1.21. The van der Waals surface area contributed by atoms with Gasteiger partial charge in [0, 0.05) is 17.3 Å². The van der Waals surface area contributed by atoms with Gasteiger partial charge in [-0.05, 0) is 24.3 Å². The summed E-state index contributed by atoms with van der Waals surface area (Å²) in [5.41, 5.74) is 0.488. The van der Waals surface area contributed by atoms with Gasteiger partial charge in [-0.3, -0.25) is 4.79 Å². The first-order valence-corrected chi connectivity index (χ1v) is 5.91. The first-order valence-electron chi connectivity index (χ1n) is 4.92. The van der Waals surface area contributed by atoms with Crippen molar-refractivity contribution in [2.75, 3.05) is 5.75 Å². The van der Waals surface area contributed by atoms with Gasteiger partial charge in [-0.15, -0.1) is 11.8 Å². The van der Waals surface area contributed by atoms with Crippen LogP contribution in [0.1, 0.15) is 10.4 Å². The van der Waals surface area contributed by atoms with Gasteiger partial charge in [-0.2, -0.15) is 0 Å². The van der Waals surface area contributed by atoms with Crippen LogP contribution in [0.15, 0.2) is 47.9 Å². The van der Waals surface area contributed by atoms with Crippen LogP contribution in [0.2, 0.25) is 0 Å². The summed E-state index contributed by atoms with van der Waals surface area (Å²) in [5, 5.41) is 0. The molecule has 0 bridgehead atoms. The maximum Gasteiger partial charge on any atom is 0.176 e. The van der Waals surface area contributed by atoms with Crippen LogP contribution in [0.25, 0.3) is 0 Å². The first-order chi connectivity index (χ1) is 8.25. The molecule has 5 heteroatoms. The Morgan fingerprint density at radius 3 is 2.47 bits per heavy atom. The highest BCUT2D eigenvalue weighted by Crippen LogP contribution is 2.19. The second kappa shape index (κ2) is 5.54. The number of ketones is 1. The molecule has 3 nitrogen and oxygen atoms in total. The predicted octanol–water partition coefficient (Wildman–Crippen LogP) is 2.59. The van der Waals surface area contributed by atoms with E-state index in [1.807, 2.05) is 0 Å². The van der Waals surface area contributed by atoms with E-state index in [1.165, 1.54) is 42.6 Å². The van der Waals surface area contributed by atoms with Gasteiger partial charge in [0.25, 0.3) is 0 Å². The zero-order chi connectivity index (χ0) is 12.1. The molecule has 1 heterocycles. The number of rotatable bonds is 4. The lowest BCUT2D eigenvalue weighted by Crippen LogP contribution is -2.03. The molecule has 1 aromatic carbocycles. The van der Waals surface area contributed by atoms with Gasteiger partial charge in [0.2, 0.25) is 0 Å². The molecule has 0 radical (unpaired) electrons. The molecular weight excluding hydrogens is 239 g/mol.